The van der Waals surface area contributed by atoms with Gasteiger partial charge in [-0.1, -0.05) is 24.9 Å². The molecule has 24 heavy (non-hydrogen) atoms. The fourth-order valence-corrected chi connectivity index (χ4v) is 5.36. The van der Waals surface area contributed by atoms with Crippen molar-refractivity contribution < 1.29 is 12.9 Å². The molecule has 3 aliphatic rings. The van der Waals surface area contributed by atoms with E-state index in [-0.39, 0.29) is 5.41 Å². The average molecular weight is 354 g/mol. The van der Waals surface area contributed by atoms with Crippen LogP contribution in [0.25, 0.3) is 0 Å². The summed E-state index contributed by atoms with van der Waals surface area (Å²) < 4.78 is 29.8. The molecule has 1 spiro atoms. The lowest BCUT2D eigenvalue weighted by Gasteiger charge is -2.30. The molecule has 3 fully saturated rings. The van der Waals surface area contributed by atoms with Crippen LogP contribution < -0.4 is 5.14 Å². The molecule has 0 bridgehead atoms. The third-order valence-corrected chi connectivity index (χ3v) is 7.41. The van der Waals surface area contributed by atoms with Gasteiger partial charge >= 0.3 is 0 Å². The van der Waals surface area contributed by atoms with Crippen molar-refractivity contribution in [1.82, 2.24) is 14.4 Å². The van der Waals surface area contributed by atoms with Crippen molar-refractivity contribution >= 4 is 10.2 Å². The molecule has 1 saturated heterocycles. The van der Waals surface area contributed by atoms with Gasteiger partial charge in [-0.15, -0.1) is 0 Å². The second-order valence-corrected chi connectivity index (χ2v) is 9.57. The van der Waals surface area contributed by atoms with Gasteiger partial charge in [0.05, 0.1) is 0 Å². The van der Waals surface area contributed by atoms with Gasteiger partial charge in [0.2, 0.25) is 5.89 Å². The molecule has 3 atom stereocenters. The molecule has 0 aromatic carbocycles. The van der Waals surface area contributed by atoms with E-state index in [1.165, 1.54) is 17.1 Å². The fraction of sp³-hybridized carbons (Fsp3) is 0.875. The molecule has 0 radical (unpaired) electrons. The standard InChI is InChI=1S/C16H26N4O3S/c1-11-3-2-4-12(9-11)15-18-14(19-23-15)13-10-16(13)5-7-20(8-6-16)24(17,21)22/h11-13H,2-10H2,1H3,(H2,17,21,22)/t11?,12?,13-/m0/s1. The Balaban J connectivity index is 1.41. The summed E-state index contributed by atoms with van der Waals surface area (Å²) in [5, 5.41) is 9.47. The van der Waals surface area contributed by atoms with E-state index in [1.54, 1.807) is 0 Å². The second kappa shape index (κ2) is 5.78. The summed E-state index contributed by atoms with van der Waals surface area (Å²) in [5.41, 5.74) is 0.155. The third-order valence-electron chi connectivity index (χ3n) is 6.32. The summed E-state index contributed by atoms with van der Waals surface area (Å²) in [6.07, 6.45) is 7.51. The van der Waals surface area contributed by atoms with Crippen LogP contribution in [-0.4, -0.2) is 36.0 Å². The van der Waals surface area contributed by atoms with E-state index in [0.717, 1.165) is 49.7 Å². The summed E-state index contributed by atoms with van der Waals surface area (Å²) in [7, 11) is -3.56. The van der Waals surface area contributed by atoms with E-state index in [2.05, 4.69) is 12.1 Å². The highest BCUT2D eigenvalue weighted by molar-refractivity contribution is 7.86. The number of nitrogens with zero attached hydrogens (tertiary/aromatic N) is 3. The molecule has 1 aromatic heterocycles. The van der Waals surface area contributed by atoms with E-state index in [0.29, 0.717) is 24.9 Å². The van der Waals surface area contributed by atoms with Gasteiger partial charge in [0.15, 0.2) is 5.82 Å². The van der Waals surface area contributed by atoms with Gasteiger partial charge in [-0.3, -0.25) is 0 Å². The predicted molar refractivity (Wildman–Crippen MR) is 88.4 cm³/mol. The van der Waals surface area contributed by atoms with Crippen molar-refractivity contribution in [2.75, 3.05) is 13.1 Å². The highest BCUT2D eigenvalue weighted by Crippen LogP contribution is 2.64. The average Bonchev–Trinajstić information content (AvgIpc) is 3.01. The van der Waals surface area contributed by atoms with Crippen LogP contribution in [0.1, 0.15) is 75.4 Å². The smallest absolute Gasteiger partial charge is 0.276 e. The van der Waals surface area contributed by atoms with Crippen LogP contribution in [-0.2, 0) is 10.2 Å². The second-order valence-electron chi connectivity index (χ2n) is 8.02. The zero-order valence-corrected chi connectivity index (χ0v) is 15.0. The highest BCUT2D eigenvalue weighted by atomic mass is 32.2. The van der Waals surface area contributed by atoms with E-state index in [9.17, 15) is 8.42 Å². The van der Waals surface area contributed by atoms with Crippen LogP contribution in [0, 0.1) is 11.3 Å². The van der Waals surface area contributed by atoms with Crippen molar-refractivity contribution in [2.45, 2.75) is 63.7 Å². The Hall–Kier alpha value is -0.990. The Morgan fingerprint density at radius 1 is 1.29 bits per heavy atom. The van der Waals surface area contributed by atoms with Gasteiger partial charge in [-0.25, -0.2) is 5.14 Å². The summed E-state index contributed by atoms with van der Waals surface area (Å²) in [6, 6.07) is 0. The summed E-state index contributed by atoms with van der Waals surface area (Å²) >= 11 is 0. The van der Waals surface area contributed by atoms with Gasteiger partial charge in [-0.2, -0.15) is 17.7 Å². The van der Waals surface area contributed by atoms with E-state index in [1.807, 2.05) is 0 Å². The molecule has 2 saturated carbocycles. The lowest BCUT2D eigenvalue weighted by atomic mass is 9.82. The lowest BCUT2D eigenvalue weighted by molar-refractivity contribution is 0.249. The maximum atomic E-state index is 11.4. The zero-order valence-electron chi connectivity index (χ0n) is 14.1. The van der Waals surface area contributed by atoms with Crippen LogP contribution in [0.2, 0.25) is 0 Å². The van der Waals surface area contributed by atoms with Gasteiger partial charge in [0.25, 0.3) is 10.2 Å². The molecule has 1 aliphatic heterocycles. The molecule has 0 amide bonds. The molecule has 4 rings (SSSR count). The first-order valence-electron chi connectivity index (χ1n) is 8.99. The highest BCUT2D eigenvalue weighted by Gasteiger charge is 2.58. The molecule has 2 N–H and O–H groups in total. The van der Waals surface area contributed by atoms with Gasteiger partial charge in [0, 0.05) is 24.9 Å². The fourth-order valence-electron chi connectivity index (χ4n) is 4.66. The van der Waals surface area contributed by atoms with Crippen LogP contribution in [0.4, 0.5) is 0 Å². The van der Waals surface area contributed by atoms with Crippen LogP contribution >= 0.6 is 0 Å². The normalized spacial score (nSPS) is 33.7. The number of hydrogen-bond donors (Lipinski definition) is 1. The van der Waals surface area contributed by atoms with Crippen molar-refractivity contribution in [2.24, 2.45) is 16.5 Å². The van der Waals surface area contributed by atoms with Crippen LogP contribution in [0.5, 0.6) is 0 Å². The Kier molecular flexibility index (Phi) is 3.97. The number of piperidine rings is 1. The maximum Gasteiger partial charge on any atom is 0.276 e. The van der Waals surface area contributed by atoms with Gasteiger partial charge in [0.1, 0.15) is 0 Å². The summed E-state index contributed by atoms with van der Waals surface area (Å²) in [5.74, 6) is 3.09. The molecule has 2 unspecified atom stereocenters. The van der Waals surface area contributed by atoms with E-state index in [4.69, 9.17) is 14.6 Å². The molecule has 8 heteroatoms. The Morgan fingerprint density at radius 2 is 2.04 bits per heavy atom. The van der Waals surface area contributed by atoms with Crippen molar-refractivity contribution in [3.63, 3.8) is 0 Å². The van der Waals surface area contributed by atoms with E-state index < -0.39 is 10.2 Å². The van der Waals surface area contributed by atoms with E-state index >= 15 is 0 Å². The first-order chi connectivity index (χ1) is 11.4. The number of nitrogens with two attached hydrogens (primary N) is 1. The number of hydrogen-bond acceptors (Lipinski definition) is 5. The molecule has 1 aromatic rings. The Bertz CT molecular complexity index is 709. The van der Waals surface area contributed by atoms with Crippen molar-refractivity contribution in [3.05, 3.63) is 11.7 Å². The Labute approximate surface area is 143 Å². The zero-order chi connectivity index (χ0) is 16.9. The molecule has 2 heterocycles. The largest absolute Gasteiger partial charge is 0.339 e. The Morgan fingerprint density at radius 3 is 2.71 bits per heavy atom. The quantitative estimate of drug-likeness (QED) is 0.896. The van der Waals surface area contributed by atoms with Crippen LogP contribution in [0.3, 0.4) is 0 Å². The predicted octanol–water partition coefficient (Wildman–Crippen LogP) is 2.14. The lowest BCUT2D eigenvalue weighted by Crippen LogP contribution is -2.43. The van der Waals surface area contributed by atoms with Crippen molar-refractivity contribution in [1.29, 1.82) is 0 Å². The third kappa shape index (κ3) is 2.99. The summed E-state index contributed by atoms with van der Waals surface area (Å²) in [4.78, 5) is 4.71. The number of aromatic nitrogens is 2. The first kappa shape index (κ1) is 16.5. The van der Waals surface area contributed by atoms with Crippen molar-refractivity contribution in [3.8, 4) is 0 Å². The number of rotatable bonds is 3. The minimum atomic E-state index is -3.56. The monoisotopic (exact) mass is 354 g/mol. The molecule has 134 valence electrons. The maximum absolute atomic E-state index is 11.4. The molecular formula is C16H26N4O3S. The molecular weight excluding hydrogens is 328 g/mol. The molecule has 2 aliphatic carbocycles. The minimum absolute atomic E-state index is 0.155. The van der Waals surface area contributed by atoms with Gasteiger partial charge in [-0.05, 0) is 43.4 Å². The summed E-state index contributed by atoms with van der Waals surface area (Å²) in [6.45, 7) is 3.29. The minimum Gasteiger partial charge on any atom is -0.339 e. The molecule has 7 nitrogen and oxygen atoms in total. The SMILES string of the molecule is CC1CCCC(c2nc([C@@H]3CC34CCN(S(N)(=O)=O)CC4)no2)C1. The topological polar surface area (TPSA) is 102 Å². The van der Waals surface area contributed by atoms with Gasteiger partial charge < -0.3 is 4.52 Å². The van der Waals surface area contributed by atoms with Crippen LogP contribution in [0.15, 0.2) is 4.52 Å². The first-order valence-corrected chi connectivity index (χ1v) is 10.5.